The van der Waals surface area contributed by atoms with E-state index in [0.717, 1.165) is 0 Å². The van der Waals surface area contributed by atoms with Crippen LogP contribution in [0.3, 0.4) is 0 Å². The van der Waals surface area contributed by atoms with Crippen LogP contribution in [0.4, 0.5) is 0 Å². The highest BCUT2D eigenvalue weighted by atomic mass is 33.1. The average molecular weight is 1390 g/mol. The van der Waals surface area contributed by atoms with Gasteiger partial charge in [0.05, 0.1) is 0 Å². The first-order valence-corrected chi connectivity index (χ1v) is 51.8. The molecule has 1 heterocycles. The molecule has 1 aliphatic heterocycles. The minimum Gasteiger partial charge on any atom is -0.0944 e. The Kier molecular flexibility index (Phi) is 52.0. The van der Waals surface area contributed by atoms with E-state index in [1.807, 2.05) is 86.4 Å². The second-order valence-electron chi connectivity index (χ2n) is 18.8. The number of hydrogen-bond donors (Lipinski definition) is 0. The molecule has 432 valence electrons. The molecule has 6 aliphatic rings. The van der Waals surface area contributed by atoms with Gasteiger partial charge >= 0.3 is 0 Å². The van der Waals surface area contributed by atoms with E-state index in [0.29, 0.717) is 27.1 Å². The molecule has 0 radical (unpaired) electrons. The fourth-order valence-corrected chi connectivity index (χ4v) is 32.8. The van der Waals surface area contributed by atoms with Gasteiger partial charge in [-0.1, -0.05) is 332 Å². The number of allylic oxidation sites excluding steroid dienone is 10. The Labute approximate surface area is 537 Å². The van der Waals surface area contributed by atoms with Gasteiger partial charge in [-0.05, 0) is 97.7 Å². The van der Waals surface area contributed by atoms with Crippen LogP contribution in [0.15, 0.2) is 60.8 Å². The summed E-state index contributed by atoms with van der Waals surface area (Å²) < 4.78 is 0. The topological polar surface area (TPSA) is 0 Å². The van der Waals surface area contributed by atoms with Gasteiger partial charge in [0, 0.05) is 115 Å². The van der Waals surface area contributed by atoms with E-state index in [-0.39, 0.29) is 0 Å². The Morgan fingerprint density at radius 1 is 0.257 bits per heavy atom. The van der Waals surface area contributed by atoms with Crippen LogP contribution >= 0.6 is 216 Å². The predicted molar refractivity (Wildman–Crippen MR) is 403 cm³/mol. The highest BCUT2D eigenvalue weighted by Gasteiger charge is 2.34. The quantitative estimate of drug-likeness (QED) is 0.0356. The fraction of sp³-hybridized carbons (Fsp3) is 0.815. The van der Waals surface area contributed by atoms with Crippen LogP contribution in [0.2, 0.25) is 0 Å². The largest absolute Gasteiger partial charge is 0.0944 e. The van der Waals surface area contributed by atoms with E-state index in [2.05, 4.69) is 246 Å². The summed E-state index contributed by atoms with van der Waals surface area (Å²) in [7, 11) is 40.9. The highest BCUT2D eigenvalue weighted by Crippen LogP contribution is 2.49. The van der Waals surface area contributed by atoms with Gasteiger partial charge in [-0.25, -0.2) is 0 Å². The SMILES string of the molecule is C1=CCC2(C1)CSSCCCSSC2.CCSSCC1(CSSCC)CC=CC1.CCSSCC1(CSSCC)CC=CC1.CCSSCC1(CSSCC)CC=CC1.CCSSCC1(CSSCC)CC=CC1. The zero-order valence-corrected chi connectivity index (χ0v) is 62.7. The smallest absolute Gasteiger partial charge is 0.0108 e. The van der Waals surface area contributed by atoms with Crippen molar-refractivity contribution in [3.05, 3.63) is 60.8 Å². The maximum absolute atomic E-state index is 2.38. The zero-order chi connectivity index (χ0) is 53.6. The van der Waals surface area contributed by atoms with Gasteiger partial charge in [-0.3, -0.25) is 0 Å². The summed E-state index contributed by atoms with van der Waals surface area (Å²) in [5.74, 6) is 25.7. The van der Waals surface area contributed by atoms with Crippen molar-refractivity contribution in [2.45, 2.75) is 126 Å². The minimum absolute atomic E-state index is 0.569. The van der Waals surface area contributed by atoms with E-state index < -0.39 is 0 Å². The molecule has 0 bridgehead atoms. The summed E-state index contributed by atoms with van der Waals surface area (Å²) in [6.45, 7) is 17.9. The lowest BCUT2D eigenvalue weighted by Crippen LogP contribution is -2.22. The summed E-state index contributed by atoms with van der Waals surface area (Å²) >= 11 is 0. The summed E-state index contributed by atoms with van der Waals surface area (Å²) in [5.41, 5.74) is 2.88. The molecule has 0 nitrogen and oxygen atoms in total. The molecule has 1 spiro atoms. The van der Waals surface area contributed by atoms with Gasteiger partial charge < -0.3 is 0 Å². The van der Waals surface area contributed by atoms with E-state index in [1.165, 1.54) is 186 Å². The molecule has 0 N–H and O–H groups in total. The lowest BCUT2D eigenvalue weighted by Gasteiger charge is -2.28. The van der Waals surface area contributed by atoms with Gasteiger partial charge in [0.1, 0.15) is 0 Å². The van der Waals surface area contributed by atoms with Crippen molar-refractivity contribution in [2.75, 3.05) is 115 Å². The third-order valence-corrected chi connectivity index (χ3v) is 39.2. The Bertz CT molecular complexity index is 1190. The second-order valence-corrected chi connectivity index (χ2v) is 45.9. The maximum atomic E-state index is 2.38. The normalized spacial score (nSPS) is 20.3. The first kappa shape index (κ1) is 75.8. The van der Waals surface area contributed by atoms with Crippen LogP contribution in [0.1, 0.15) is 126 Å². The Morgan fingerprint density at radius 2 is 0.446 bits per heavy atom. The van der Waals surface area contributed by atoms with Gasteiger partial charge in [-0.2, -0.15) is 0 Å². The lowest BCUT2D eigenvalue weighted by atomic mass is 9.90. The van der Waals surface area contributed by atoms with Crippen LogP contribution in [0, 0.1) is 27.1 Å². The van der Waals surface area contributed by atoms with E-state index in [9.17, 15) is 0 Å². The second kappa shape index (κ2) is 50.8. The monoisotopic (exact) mass is 1380 g/mol. The minimum atomic E-state index is 0.569. The van der Waals surface area contributed by atoms with E-state index in [4.69, 9.17) is 0 Å². The third kappa shape index (κ3) is 36.0. The average Bonchev–Trinajstić information content (AvgIpc) is 4.30. The maximum Gasteiger partial charge on any atom is 0.0108 e. The molecular weight excluding hydrogens is 1290 g/mol. The first-order chi connectivity index (χ1) is 36.2. The third-order valence-electron chi connectivity index (χ3n) is 12.2. The van der Waals surface area contributed by atoms with Gasteiger partial charge in [0.25, 0.3) is 0 Å². The van der Waals surface area contributed by atoms with Crippen LogP contribution in [-0.2, 0) is 0 Å². The molecule has 1 fully saturated rings. The fourth-order valence-electron chi connectivity index (χ4n) is 7.76. The summed E-state index contributed by atoms with van der Waals surface area (Å²) in [5, 5.41) is 0. The van der Waals surface area contributed by atoms with Crippen LogP contribution < -0.4 is 0 Å². The van der Waals surface area contributed by atoms with Gasteiger partial charge in [0.15, 0.2) is 0 Å². The van der Waals surface area contributed by atoms with Crippen LogP contribution in [0.5, 0.6) is 0 Å². The zero-order valence-electron chi connectivity index (χ0n) is 46.4. The van der Waals surface area contributed by atoms with Crippen molar-refractivity contribution in [1.29, 1.82) is 0 Å². The number of hydrogen-bond acceptors (Lipinski definition) is 20. The Morgan fingerprint density at radius 3 is 0.635 bits per heavy atom. The summed E-state index contributed by atoms with van der Waals surface area (Å²) in [6.07, 6.45) is 38.1. The molecule has 0 aromatic heterocycles. The summed E-state index contributed by atoms with van der Waals surface area (Å²) in [4.78, 5) is 0. The molecular formula is C54H96S20. The molecule has 5 aliphatic carbocycles. The molecule has 0 saturated carbocycles. The van der Waals surface area contributed by atoms with Crippen LogP contribution in [0.25, 0.3) is 0 Å². The molecule has 0 unspecified atom stereocenters. The molecule has 0 amide bonds. The first-order valence-electron chi connectivity index (χ1n) is 26.9. The summed E-state index contributed by atoms with van der Waals surface area (Å²) in [6, 6.07) is 0. The standard InChI is InChI=1S/4C11H20S4.C10H16S4/c4*1-3-12-14-9-11(7-5-6-8-11)10-15-13-4-2;1-2-5-10(4-1)8-13-11-6-3-7-12-14-9-10/h4*5-6H,3-4,7-10H2,1-2H3;1-2H,3-9H2. The van der Waals surface area contributed by atoms with Crippen molar-refractivity contribution in [2.24, 2.45) is 27.1 Å². The molecule has 74 heavy (non-hydrogen) atoms. The van der Waals surface area contributed by atoms with E-state index >= 15 is 0 Å². The van der Waals surface area contributed by atoms with Crippen molar-refractivity contribution >= 4 is 216 Å². The molecule has 0 aromatic rings. The van der Waals surface area contributed by atoms with Crippen molar-refractivity contribution in [3.63, 3.8) is 0 Å². The Hall–Kier alpha value is 5.70. The molecule has 0 atom stereocenters. The van der Waals surface area contributed by atoms with Crippen LogP contribution in [-0.4, -0.2) is 115 Å². The van der Waals surface area contributed by atoms with Crippen molar-refractivity contribution in [3.8, 4) is 0 Å². The highest BCUT2D eigenvalue weighted by molar-refractivity contribution is 8.79. The van der Waals surface area contributed by atoms with E-state index in [1.54, 1.807) is 0 Å². The van der Waals surface area contributed by atoms with Crippen molar-refractivity contribution < 1.29 is 0 Å². The lowest BCUT2D eigenvalue weighted by molar-refractivity contribution is 0.422. The van der Waals surface area contributed by atoms with Gasteiger partial charge in [-0.15, -0.1) is 0 Å². The molecule has 6 rings (SSSR count). The van der Waals surface area contributed by atoms with Gasteiger partial charge in [0.2, 0.25) is 0 Å². The predicted octanol–water partition coefficient (Wildman–Crippen LogP) is 25.0. The van der Waals surface area contributed by atoms with Crippen molar-refractivity contribution in [1.82, 2.24) is 0 Å². The molecule has 0 aromatic carbocycles. The Balaban J connectivity index is 0.000000317. The molecule has 20 heteroatoms. The number of rotatable bonds is 32. The molecule has 1 saturated heterocycles.